The molecule has 0 saturated heterocycles. The first-order chi connectivity index (χ1) is 11.0. The molecule has 0 aliphatic carbocycles. The molecule has 0 spiro atoms. The van der Waals surface area contributed by atoms with Gasteiger partial charge in [-0.05, 0) is 51.7 Å². The lowest BCUT2D eigenvalue weighted by atomic mass is 10.1. The van der Waals surface area contributed by atoms with Crippen LogP contribution in [0.4, 0.5) is 5.69 Å². The standard InChI is InChI=1S/C19H24N2O2/c1-14-9-11-17(12-10-14)23-15(2)19(22)20-18-8-6-5-7-16(18)13-21(3)4/h5-12,15H,13H2,1-4H3,(H,20,22). The van der Waals surface area contributed by atoms with Crippen LogP contribution in [0.5, 0.6) is 5.75 Å². The second kappa shape index (κ2) is 7.79. The predicted octanol–water partition coefficient (Wildman–Crippen LogP) is 3.46. The number of carbonyl (C=O) groups excluding carboxylic acids is 1. The van der Waals surface area contributed by atoms with Crippen LogP contribution in [-0.4, -0.2) is 31.0 Å². The summed E-state index contributed by atoms with van der Waals surface area (Å²) < 4.78 is 5.70. The summed E-state index contributed by atoms with van der Waals surface area (Å²) in [7, 11) is 4.00. The van der Waals surface area contributed by atoms with Crippen molar-refractivity contribution in [2.24, 2.45) is 0 Å². The first kappa shape index (κ1) is 17.0. The Morgan fingerprint density at radius 2 is 1.78 bits per heavy atom. The molecule has 1 atom stereocenters. The van der Waals surface area contributed by atoms with Crippen molar-refractivity contribution in [2.45, 2.75) is 26.5 Å². The number of nitrogens with one attached hydrogen (secondary N) is 1. The van der Waals surface area contributed by atoms with E-state index in [1.54, 1.807) is 6.92 Å². The quantitative estimate of drug-likeness (QED) is 0.888. The number of rotatable bonds is 6. The summed E-state index contributed by atoms with van der Waals surface area (Å²) >= 11 is 0. The summed E-state index contributed by atoms with van der Waals surface area (Å²) in [5.74, 6) is 0.539. The molecule has 2 aromatic carbocycles. The van der Waals surface area contributed by atoms with Gasteiger partial charge in [0.15, 0.2) is 6.10 Å². The molecule has 0 radical (unpaired) electrons. The van der Waals surface area contributed by atoms with Gasteiger partial charge in [-0.2, -0.15) is 0 Å². The maximum absolute atomic E-state index is 12.4. The molecule has 0 heterocycles. The van der Waals surface area contributed by atoms with Crippen molar-refractivity contribution in [3.05, 3.63) is 59.7 Å². The summed E-state index contributed by atoms with van der Waals surface area (Å²) in [4.78, 5) is 14.4. The lowest BCUT2D eigenvalue weighted by Crippen LogP contribution is -2.30. The average molecular weight is 312 g/mol. The average Bonchev–Trinajstić information content (AvgIpc) is 2.51. The van der Waals surface area contributed by atoms with E-state index in [1.165, 1.54) is 0 Å². The molecule has 0 saturated carbocycles. The molecular formula is C19H24N2O2. The summed E-state index contributed by atoms with van der Waals surface area (Å²) in [6, 6.07) is 15.5. The fourth-order valence-electron chi connectivity index (χ4n) is 2.23. The molecule has 23 heavy (non-hydrogen) atoms. The van der Waals surface area contributed by atoms with E-state index in [4.69, 9.17) is 4.74 Å². The van der Waals surface area contributed by atoms with Crippen molar-refractivity contribution in [1.29, 1.82) is 0 Å². The van der Waals surface area contributed by atoms with Gasteiger partial charge in [0, 0.05) is 12.2 Å². The minimum Gasteiger partial charge on any atom is -0.481 e. The molecule has 2 aromatic rings. The Labute approximate surface area is 138 Å². The van der Waals surface area contributed by atoms with E-state index in [2.05, 4.69) is 10.2 Å². The van der Waals surface area contributed by atoms with Crippen molar-refractivity contribution in [2.75, 3.05) is 19.4 Å². The van der Waals surface area contributed by atoms with Gasteiger partial charge in [-0.15, -0.1) is 0 Å². The first-order valence-corrected chi connectivity index (χ1v) is 7.72. The zero-order chi connectivity index (χ0) is 16.8. The second-order valence-electron chi connectivity index (χ2n) is 5.96. The van der Waals surface area contributed by atoms with Crippen molar-refractivity contribution >= 4 is 11.6 Å². The molecule has 4 heteroatoms. The predicted molar refractivity (Wildman–Crippen MR) is 93.7 cm³/mol. The molecule has 0 bridgehead atoms. The van der Waals surface area contributed by atoms with Gasteiger partial charge in [0.25, 0.3) is 5.91 Å². The molecule has 0 aliphatic heterocycles. The van der Waals surface area contributed by atoms with Crippen molar-refractivity contribution in [3.63, 3.8) is 0 Å². The van der Waals surface area contributed by atoms with Crippen molar-refractivity contribution in [3.8, 4) is 5.75 Å². The third-order valence-corrected chi connectivity index (χ3v) is 3.46. The third kappa shape index (κ3) is 5.11. The number of ether oxygens (including phenoxy) is 1. The van der Waals surface area contributed by atoms with Gasteiger partial charge in [-0.25, -0.2) is 0 Å². The number of aryl methyl sites for hydroxylation is 1. The maximum Gasteiger partial charge on any atom is 0.265 e. The number of hydrogen-bond acceptors (Lipinski definition) is 3. The number of amides is 1. The van der Waals surface area contributed by atoms with Crippen LogP contribution >= 0.6 is 0 Å². The van der Waals surface area contributed by atoms with Crippen LogP contribution in [0.1, 0.15) is 18.1 Å². The molecule has 122 valence electrons. The molecule has 1 unspecified atom stereocenters. The SMILES string of the molecule is Cc1ccc(OC(C)C(=O)Nc2ccccc2CN(C)C)cc1. The topological polar surface area (TPSA) is 41.6 Å². The van der Waals surface area contributed by atoms with Crippen molar-refractivity contribution in [1.82, 2.24) is 4.90 Å². The van der Waals surface area contributed by atoms with E-state index < -0.39 is 6.10 Å². The fourth-order valence-corrected chi connectivity index (χ4v) is 2.23. The highest BCUT2D eigenvalue weighted by molar-refractivity contribution is 5.94. The van der Waals surface area contributed by atoms with Gasteiger partial charge in [-0.1, -0.05) is 35.9 Å². The van der Waals surface area contributed by atoms with E-state index in [0.29, 0.717) is 5.75 Å². The number of nitrogens with zero attached hydrogens (tertiary/aromatic N) is 1. The smallest absolute Gasteiger partial charge is 0.265 e. The van der Waals surface area contributed by atoms with E-state index in [1.807, 2.05) is 69.6 Å². The Kier molecular flexibility index (Phi) is 5.77. The molecule has 1 N–H and O–H groups in total. The molecule has 4 nitrogen and oxygen atoms in total. The van der Waals surface area contributed by atoms with Gasteiger partial charge in [0.2, 0.25) is 0 Å². The molecule has 0 aliphatic rings. The Balaban J connectivity index is 2.02. The highest BCUT2D eigenvalue weighted by Crippen LogP contribution is 2.18. The third-order valence-electron chi connectivity index (χ3n) is 3.46. The number of para-hydroxylation sites is 1. The first-order valence-electron chi connectivity index (χ1n) is 7.72. The van der Waals surface area contributed by atoms with Crippen LogP contribution in [0, 0.1) is 6.92 Å². The minimum atomic E-state index is -0.565. The Morgan fingerprint density at radius 1 is 1.13 bits per heavy atom. The zero-order valence-electron chi connectivity index (χ0n) is 14.2. The molecular weight excluding hydrogens is 288 g/mol. The van der Waals surface area contributed by atoms with Crippen LogP contribution in [-0.2, 0) is 11.3 Å². The Morgan fingerprint density at radius 3 is 2.43 bits per heavy atom. The second-order valence-corrected chi connectivity index (χ2v) is 5.96. The van der Waals surface area contributed by atoms with Gasteiger partial charge in [-0.3, -0.25) is 4.79 Å². The largest absolute Gasteiger partial charge is 0.481 e. The van der Waals surface area contributed by atoms with E-state index >= 15 is 0 Å². The van der Waals surface area contributed by atoms with Gasteiger partial charge in [0.1, 0.15) is 5.75 Å². The summed E-state index contributed by atoms with van der Waals surface area (Å²) in [5.41, 5.74) is 3.06. The van der Waals surface area contributed by atoms with Gasteiger partial charge >= 0.3 is 0 Å². The van der Waals surface area contributed by atoms with Crippen LogP contribution in [0.15, 0.2) is 48.5 Å². The highest BCUT2D eigenvalue weighted by Gasteiger charge is 2.16. The van der Waals surface area contributed by atoms with Crippen LogP contribution in [0.3, 0.4) is 0 Å². The summed E-state index contributed by atoms with van der Waals surface area (Å²) in [6.45, 7) is 4.54. The molecule has 0 aromatic heterocycles. The number of hydrogen-bond donors (Lipinski definition) is 1. The van der Waals surface area contributed by atoms with Crippen LogP contribution in [0.25, 0.3) is 0 Å². The Hall–Kier alpha value is -2.33. The number of carbonyl (C=O) groups is 1. The molecule has 0 fully saturated rings. The maximum atomic E-state index is 12.4. The highest BCUT2D eigenvalue weighted by atomic mass is 16.5. The van der Waals surface area contributed by atoms with Crippen LogP contribution in [0.2, 0.25) is 0 Å². The number of benzene rings is 2. The van der Waals surface area contributed by atoms with Gasteiger partial charge < -0.3 is 15.0 Å². The monoisotopic (exact) mass is 312 g/mol. The minimum absolute atomic E-state index is 0.156. The van der Waals surface area contributed by atoms with Gasteiger partial charge in [0.05, 0.1) is 0 Å². The van der Waals surface area contributed by atoms with Crippen molar-refractivity contribution < 1.29 is 9.53 Å². The normalized spacial score (nSPS) is 12.0. The van der Waals surface area contributed by atoms with Crippen LogP contribution < -0.4 is 10.1 Å². The molecule has 1 amide bonds. The lowest BCUT2D eigenvalue weighted by molar-refractivity contribution is -0.122. The van der Waals surface area contributed by atoms with E-state index in [9.17, 15) is 4.79 Å². The number of anilines is 1. The van der Waals surface area contributed by atoms with E-state index in [-0.39, 0.29) is 5.91 Å². The lowest BCUT2D eigenvalue weighted by Gasteiger charge is -2.18. The fraction of sp³-hybridized carbons (Fsp3) is 0.316. The summed E-state index contributed by atoms with van der Waals surface area (Å²) in [6.07, 6.45) is -0.565. The summed E-state index contributed by atoms with van der Waals surface area (Å²) in [5, 5.41) is 2.96. The van der Waals surface area contributed by atoms with E-state index in [0.717, 1.165) is 23.4 Å². The molecule has 2 rings (SSSR count). The zero-order valence-corrected chi connectivity index (χ0v) is 14.2. The Bertz CT molecular complexity index is 651.